The summed E-state index contributed by atoms with van der Waals surface area (Å²) in [5.74, 6) is 0.776. The maximum Gasteiger partial charge on any atom is 0.220 e. The Morgan fingerprint density at radius 2 is 2.00 bits per heavy atom. The molecule has 0 atom stereocenters. The van der Waals surface area contributed by atoms with E-state index in [0.717, 1.165) is 18.3 Å². The Labute approximate surface area is 96.0 Å². The molecule has 0 spiro atoms. The molecule has 0 unspecified atom stereocenters. The molecule has 0 saturated heterocycles. The molecule has 0 rings (SSSR count). The van der Waals surface area contributed by atoms with E-state index in [-0.39, 0.29) is 11.3 Å². The minimum atomic E-state index is 0.146. The van der Waals surface area contributed by atoms with Crippen LogP contribution in [-0.4, -0.2) is 17.8 Å². The Balaban J connectivity index is 3.64. The van der Waals surface area contributed by atoms with Crippen molar-refractivity contribution in [1.29, 1.82) is 0 Å². The number of hydrogen-bond acceptors (Lipinski definition) is 1. The van der Waals surface area contributed by atoms with Gasteiger partial charge in [0.2, 0.25) is 5.91 Å². The van der Waals surface area contributed by atoms with Crippen molar-refractivity contribution in [3.8, 4) is 0 Å². The topological polar surface area (TPSA) is 29.1 Å². The van der Waals surface area contributed by atoms with Crippen LogP contribution in [0.4, 0.5) is 0 Å². The van der Waals surface area contributed by atoms with Gasteiger partial charge in [-0.25, -0.2) is 0 Å². The first-order valence-electron chi connectivity index (χ1n) is 5.20. The second kappa shape index (κ2) is 6.44. The zero-order valence-electron chi connectivity index (χ0n) is 9.69. The highest BCUT2D eigenvalue weighted by atomic mass is 79.9. The maximum absolute atomic E-state index is 11.4. The van der Waals surface area contributed by atoms with Gasteiger partial charge in [0.1, 0.15) is 0 Å². The molecule has 0 heterocycles. The number of rotatable bonds is 6. The summed E-state index contributed by atoms with van der Waals surface area (Å²) in [4.78, 5) is 11.4. The maximum atomic E-state index is 11.4. The minimum absolute atomic E-state index is 0.146. The summed E-state index contributed by atoms with van der Waals surface area (Å²) in [7, 11) is 0. The average Bonchev–Trinajstić information content (AvgIpc) is 2.11. The van der Waals surface area contributed by atoms with Crippen LogP contribution < -0.4 is 5.32 Å². The molecular formula is C11H22BrNO. The van der Waals surface area contributed by atoms with E-state index >= 15 is 0 Å². The largest absolute Gasteiger partial charge is 0.356 e. The lowest BCUT2D eigenvalue weighted by Gasteiger charge is -2.21. The first-order chi connectivity index (χ1) is 6.37. The molecule has 0 aliphatic heterocycles. The Morgan fingerprint density at radius 1 is 1.43 bits per heavy atom. The SMILES string of the molecule is CC(C)CCC(=O)NCC(C)(C)CBr. The molecule has 0 saturated carbocycles. The molecule has 0 aliphatic rings. The summed E-state index contributed by atoms with van der Waals surface area (Å²) >= 11 is 3.43. The number of carbonyl (C=O) groups is 1. The predicted molar refractivity (Wildman–Crippen MR) is 64.7 cm³/mol. The van der Waals surface area contributed by atoms with Gasteiger partial charge in [-0.05, 0) is 17.8 Å². The highest BCUT2D eigenvalue weighted by molar-refractivity contribution is 9.09. The number of alkyl halides is 1. The van der Waals surface area contributed by atoms with Crippen molar-refractivity contribution in [3.05, 3.63) is 0 Å². The van der Waals surface area contributed by atoms with Crippen molar-refractivity contribution in [3.63, 3.8) is 0 Å². The molecule has 2 nitrogen and oxygen atoms in total. The van der Waals surface area contributed by atoms with Crippen LogP contribution in [0.5, 0.6) is 0 Å². The third kappa shape index (κ3) is 7.36. The van der Waals surface area contributed by atoms with Gasteiger partial charge in [0.25, 0.3) is 0 Å². The van der Waals surface area contributed by atoms with E-state index in [9.17, 15) is 4.79 Å². The first-order valence-corrected chi connectivity index (χ1v) is 6.32. The predicted octanol–water partition coefficient (Wildman–Crippen LogP) is 2.96. The molecule has 1 amide bonds. The van der Waals surface area contributed by atoms with E-state index in [1.807, 2.05) is 0 Å². The molecule has 14 heavy (non-hydrogen) atoms. The van der Waals surface area contributed by atoms with Crippen LogP contribution in [0, 0.1) is 11.3 Å². The van der Waals surface area contributed by atoms with Crippen molar-refractivity contribution >= 4 is 21.8 Å². The van der Waals surface area contributed by atoms with Crippen molar-refractivity contribution < 1.29 is 4.79 Å². The van der Waals surface area contributed by atoms with Crippen LogP contribution in [0.15, 0.2) is 0 Å². The molecule has 1 N–H and O–H groups in total. The quantitative estimate of drug-likeness (QED) is 0.734. The molecule has 3 heteroatoms. The number of carbonyl (C=O) groups excluding carboxylic acids is 1. The van der Waals surface area contributed by atoms with E-state index in [0.29, 0.717) is 12.3 Å². The van der Waals surface area contributed by atoms with E-state index in [1.54, 1.807) is 0 Å². The zero-order chi connectivity index (χ0) is 11.2. The van der Waals surface area contributed by atoms with Crippen molar-refractivity contribution in [2.75, 3.05) is 11.9 Å². The third-order valence-electron chi connectivity index (χ3n) is 2.07. The summed E-state index contributed by atoms with van der Waals surface area (Å²) in [5, 5.41) is 3.87. The minimum Gasteiger partial charge on any atom is -0.356 e. The number of nitrogens with one attached hydrogen (secondary N) is 1. The number of halogens is 1. The van der Waals surface area contributed by atoms with Gasteiger partial charge in [-0.15, -0.1) is 0 Å². The van der Waals surface area contributed by atoms with Crippen LogP contribution in [0.2, 0.25) is 0 Å². The fraction of sp³-hybridized carbons (Fsp3) is 0.909. The normalized spacial score (nSPS) is 11.9. The smallest absolute Gasteiger partial charge is 0.220 e. The highest BCUT2D eigenvalue weighted by Crippen LogP contribution is 2.16. The van der Waals surface area contributed by atoms with Crippen LogP contribution in [0.3, 0.4) is 0 Å². The fourth-order valence-electron chi connectivity index (χ4n) is 0.893. The van der Waals surface area contributed by atoms with Gasteiger partial charge in [-0.3, -0.25) is 4.79 Å². The lowest BCUT2D eigenvalue weighted by molar-refractivity contribution is -0.121. The number of amides is 1. The second-order valence-electron chi connectivity index (χ2n) is 5.01. The van der Waals surface area contributed by atoms with Crippen molar-refractivity contribution in [2.45, 2.75) is 40.5 Å². The molecule has 0 bridgehead atoms. The standard InChI is InChI=1S/C11H22BrNO/c1-9(2)5-6-10(14)13-8-11(3,4)7-12/h9H,5-8H2,1-4H3,(H,13,14). The fourth-order valence-corrected chi connectivity index (χ4v) is 1.09. The summed E-state index contributed by atoms with van der Waals surface area (Å²) in [6.07, 6.45) is 1.62. The molecular weight excluding hydrogens is 242 g/mol. The zero-order valence-corrected chi connectivity index (χ0v) is 11.3. The van der Waals surface area contributed by atoms with Crippen LogP contribution >= 0.6 is 15.9 Å². The molecule has 0 aliphatic carbocycles. The van der Waals surface area contributed by atoms with Crippen molar-refractivity contribution in [1.82, 2.24) is 5.32 Å². The summed E-state index contributed by atoms with van der Waals surface area (Å²) in [5.41, 5.74) is 0.146. The van der Waals surface area contributed by atoms with E-state index < -0.39 is 0 Å². The molecule has 0 aromatic heterocycles. The van der Waals surface area contributed by atoms with Gasteiger partial charge >= 0.3 is 0 Å². The Hall–Kier alpha value is -0.0500. The molecule has 0 aromatic carbocycles. The summed E-state index contributed by atoms with van der Waals surface area (Å²) < 4.78 is 0. The van der Waals surface area contributed by atoms with Crippen LogP contribution in [0.1, 0.15) is 40.5 Å². The van der Waals surface area contributed by atoms with Crippen molar-refractivity contribution in [2.24, 2.45) is 11.3 Å². The lowest BCUT2D eigenvalue weighted by Crippen LogP contribution is -2.34. The van der Waals surface area contributed by atoms with E-state index in [2.05, 4.69) is 48.9 Å². The summed E-state index contributed by atoms with van der Waals surface area (Å²) in [6.45, 7) is 9.27. The van der Waals surface area contributed by atoms with Gasteiger partial charge < -0.3 is 5.32 Å². The average molecular weight is 264 g/mol. The van der Waals surface area contributed by atoms with Gasteiger partial charge in [-0.1, -0.05) is 43.6 Å². The molecule has 84 valence electrons. The van der Waals surface area contributed by atoms with Gasteiger partial charge in [-0.2, -0.15) is 0 Å². The molecule has 0 radical (unpaired) electrons. The Bertz CT molecular complexity index is 178. The van der Waals surface area contributed by atoms with Crippen LogP contribution in [-0.2, 0) is 4.79 Å². The summed E-state index contributed by atoms with van der Waals surface area (Å²) in [6, 6.07) is 0. The van der Waals surface area contributed by atoms with Gasteiger partial charge in [0.15, 0.2) is 0 Å². The highest BCUT2D eigenvalue weighted by Gasteiger charge is 2.16. The Morgan fingerprint density at radius 3 is 2.43 bits per heavy atom. The van der Waals surface area contributed by atoms with Gasteiger partial charge in [0.05, 0.1) is 0 Å². The molecule has 0 aromatic rings. The van der Waals surface area contributed by atoms with E-state index in [1.165, 1.54) is 0 Å². The lowest BCUT2D eigenvalue weighted by atomic mass is 9.97. The molecule has 0 fully saturated rings. The third-order valence-corrected chi connectivity index (χ3v) is 3.59. The van der Waals surface area contributed by atoms with Gasteiger partial charge in [0, 0.05) is 18.3 Å². The van der Waals surface area contributed by atoms with Crippen LogP contribution in [0.25, 0.3) is 0 Å². The Kier molecular flexibility index (Phi) is 6.41. The monoisotopic (exact) mass is 263 g/mol. The van der Waals surface area contributed by atoms with E-state index in [4.69, 9.17) is 0 Å². The first kappa shape index (κ1) is 13.9. The second-order valence-corrected chi connectivity index (χ2v) is 5.57. The number of hydrogen-bond donors (Lipinski definition) is 1.